The van der Waals surface area contributed by atoms with Crippen LogP contribution in [0.25, 0.3) is 22.2 Å². The van der Waals surface area contributed by atoms with Crippen molar-refractivity contribution in [2.24, 2.45) is 0 Å². The van der Waals surface area contributed by atoms with E-state index in [1.807, 2.05) is 73.3 Å². The molecule has 1 fully saturated rings. The number of rotatable bonds is 5. The van der Waals surface area contributed by atoms with Crippen LogP contribution in [0.1, 0.15) is 23.0 Å². The summed E-state index contributed by atoms with van der Waals surface area (Å²) in [6, 6.07) is 17.4. The number of fused-ring (bicyclic) bond motifs is 1. The number of carbonyl (C=O) groups excluding carboxylic acids is 1. The second-order valence-corrected chi connectivity index (χ2v) is 8.11. The number of amides is 1. The minimum absolute atomic E-state index is 0.0176. The van der Waals surface area contributed by atoms with Gasteiger partial charge in [0.2, 0.25) is 5.95 Å². The van der Waals surface area contributed by atoms with Crippen molar-refractivity contribution in [2.45, 2.75) is 13.8 Å². The number of hydrogen-bond donors (Lipinski definition) is 1. The Labute approximate surface area is 192 Å². The molecule has 1 amide bonds. The van der Waals surface area contributed by atoms with Crippen LogP contribution in [0.15, 0.2) is 59.1 Å². The van der Waals surface area contributed by atoms with E-state index >= 15 is 0 Å². The molecule has 0 unspecified atom stereocenters. The summed E-state index contributed by atoms with van der Waals surface area (Å²) in [5.41, 5.74) is 3.25. The van der Waals surface area contributed by atoms with Gasteiger partial charge in [-0.25, -0.2) is 4.98 Å². The molecule has 0 saturated carbocycles. The van der Waals surface area contributed by atoms with Gasteiger partial charge in [0, 0.05) is 55.6 Å². The van der Waals surface area contributed by atoms with Gasteiger partial charge >= 0.3 is 0 Å². The van der Waals surface area contributed by atoms with E-state index in [0.717, 1.165) is 47.6 Å². The number of piperazine rings is 1. The number of nitrogens with one attached hydrogen (secondary N) is 1. The SMILES string of the molecule is CCNc1nc(C)cc(N2CCN(C(=O)c3ccc4noc(-c5ccccc5)c4c3)CC2)n1. The second kappa shape index (κ2) is 8.90. The first-order chi connectivity index (χ1) is 16.1. The van der Waals surface area contributed by atoms with Gasteiger partial charge < -0.3 is 19.6 Å². The summed E-state index contributed by atoms with van der Waals surface area (Å²) in [4.78, 5) is 26.4. The summed E-state index contributed by atoms with van der Waals surface area (Å²) in [7, 11) is 0. The molecule has 1 aliphatic heterocycles. The Kier molecular flexibility index (Phi) is 5.64. The minimum atomic E-state index is 0.0176. The maximum Gasteiger partial charge on any atom is 0.254 e. The van der Waals surface area contributed by atoms with Gasteiger partial charge in [0.25, 0.3) is 5.91 Å². The van der Waals surface area contributed by atoms with E-state index in [9.17, 15) is 4.79 Å². The molecule has 0 bridgehead atoms. The van der Waals surface area contributed by atoms with Crippen molar-refractivity contribution in [1.29, 1.82) is 0 Å². The highest BCUT2D eigenvalue weighted by Gasteiger charge is 2.24. The van der Waals surface area contributed by atoms with Crippen molar-refractivity contribution in [3.05, 3.63) is 65.9 Å². The lowest BCUT2D eigenvalue weighted by molar-refractivity contribution is 0.0746. The van der Waals surface area contributed by atoms with Crippen LogP contribution in [-0.4, -0.2) is 58.7 Å². The number of carbonyl (C=O) groups is 1. The Bertz CT molecular complexity index is 1280. The molecule has 0 atom stereocenters. The Balaban J connectivity index is 1.32. The van der Waals surface area contributed by atoms with E-state index in [1.165, 1.54) is 0 Å². The fourth-order valence-electron chi connectivity index (χ4n) is 4.14. The third-order valence-electron chi connectivity index (χ3n) is 5.83. The lowest BCUT2D eigenvalue weighted by Gasteiger charge is -2.35. The van der Waals surface area contributed by atoms with Gasteiger partial charge in [-0.2, -0.15) is 4.98 Å². The summed E-state index contributed by atoms with van der Waals surface area (Å²) in [5, 5.41) is 8.18. The van der Waals surface area contributed by atoms with E-state index in [4.69, 9.17) is 4.52 Å². The third kappa shape index (κ3) is 4.24. The lowest BCUT2D eigenvalue weighted by atomic mass is 10.1. The van der Waals surface area contributed by atoms with Crippen LogP contribution in [0, 0.1) is 6.92 Å². The van der Waals surface area contributed by atoms with Gasteiger partial charge in [0.15, 0.2) is 5.76 Å². The summed E-state index contributed by atoms with van der Waals surface area (Å²) >= 11 is 0. The van der Waals surface area contributed by atoms with Gasteiger partial charge in [-0.05, 0) is 32.0 Å². The quantitative estimate of drug-likeness (QED) is 0.500. The Hall–Kier alpha value is -3.94. The van der Waals surface area contributed by atoms with E-state index in [0.29, 0.717) is 30.4 Å². The number of benzene rings is 2. The van der Waals surface area contributed by atoms with Crippen LogP contribution >= 0.6 is 0 Å². The molecule has 1 N–H and O–H groups in total. The first-order valence-corrected chi connectivity index (χ1v) is 11.2. The van der Waals surface area contributed by atoms with Crippen molar-refractivity contribution < 1.29 is 9.32 Å². The Morgan fingerprint density at radius 2 is 1.82 bits per heavy atom. The predicted molar refractivity (Wildman–Crippen MR) is 128 cm³/mol. The molecule has 2 aromatic carbocycles. The average molecular weight is 443 g/mol. The van der Waals surface area contributed by atoms with Gasteiger partial charge in [0.05, 0.1) is 5.39 Å². The van der Waals surface area contributed by atoms with Crippen molar-refractivity contribution in [2.75, 3.05) is 42.9 Å². The molecule has 1 saturated heterocycles. The Morgan fingerprint density at radius 1 is 1.03 bits per heavy atom. The molecule has 4 aromatic rings. The molecule has 168 valence electrons. The zero-order valence-electron chi connectivity index (χ0n) is 18.8. The first kappa shape index (κ1) is 20.9. The number of hydrogen-bond acceptors (Lipinski definition) is 7. The average Bonchev–Trinajstić information content (AvgIpc) is 3.27. The Morgan fingerprint density at radius 3 is 2.58 bits per heavy atom. The second-order valence-electron chi connectivity index (χ2n) is 8.11. The molecular formula is C25H26N6O2. The van der Waals surface area contributed by atoms with Gasteiger partial charge in [-0.15, -0.1) is 0 Å². The van der Waals surface area contributed by atoms with Crippen LogP contribution in [-0.2, 0) is 0 Å². The fraction of sp³-hybridized carbons (Fsp3) is 0.280. The van der Waals surface area contributed by atoms with Crippen molar-refractivity contribution in [3.63, 3.8) is 0 Å². The van der Waals surface area contributed by atoms with Crippen molar-refractivity contribution >= 4 is 28.6 Å². The normalized spacial score (nSPS) is 14.0. The molecule has 8 nitrogen and oxygen atoms in total. The highest BCUT2D eigenvalue weighted by atomic mass is 16.5. The first-order valence-electron chi connectivity index (χ1n) is 11.2. The molecule has 33 heavy (non-hydrogen) atoms. The van der Waals surface area contributed by atoms with Crippen LogP contribution in [0.4, 0.5) is 11.8 Å². The van der Waals surface area contributed by atoms with Gasteiger partial charge in [-0.3, -0.25) is 4.79 Å². The standard InChI is InChI=1S/C25H26N6O2/c1-3-26-25-27-17(2)15-22(28-25)30-11-13-31(14-12-30)24(32)19-9-10-21-20(16-19)23(33-29-21)18-7-5-4-6-8-18/h4-10,15-16H,3,11-14H2,1-2H3,(H,26,27,28). The van der Waals surface area contributed by atoms with E-state index < -0.39 is 0 Å². The third-order valence-corrected chi connectivity index (χ3v) is 5.83. The maximum absolute atomic E-state index is 13.3. The van der Waals surface area contributed by atoms with E-state index in [2.05, 4.69) is 25.3 Å². The maximum atomic E-state index is 13.3. The molecule has 3 heterocycles. The molecule has 0 aliphatic carbocycles. The predicted octanol–water partition coefficient (Wildman–Crippen LogP) is 3.99. The summed E-state index contributed by atoms with van der Waals surface area (Å²) in [5.74, 6) is 2.23. The monoisotopic (exact) mass is 442 g/mol. The lowest BCUT2D eigenvalue weighted by Crippen LogP contribution is -2.49. The van der Waals surface area contributed by atoms with Crippen molar-refractivity contribution in [1.82, 2.24) is 20.0 Å². The smallest absolute Gasteiger partial charge is 0.254 e. The molecular weight excluding hydrogens is 416 g/mol. The summed E-state index contributed by atoms with van der Waals surface area (Å²) in [6.07, 6.45) is 0. The molecule has 0 radical (unpaired) electrons. The number of nitrogens with zero attached hydrogens (tertiary/aromatic N) is 5. The number of aromatic nitrogens is 3. The van der Waals surface area contributed by atoms with E-state index in [1.54, 1.807) is 0 Å². The number of aryl methyl sites for hydroxylation is 1. The summed E-state index contributed by atoms with van der Waals surface area (Å²) in [6.45, 7) is 7.47. The topological polar surface area (TPSA) is 87.4 Å². The zero-order chi connectivity index (χ0) is 22.8. The van der Waals surface area contributed by atoms with Crippen LogP contribution in [0.5, 0.6) is 0 Å². The van der Waals surface area contributed by atoms with Crippen LogP contribution < -0.4 is 10.2 Å². The minimum Gasteiger partial charge on any atom is -0.355 e. The zero-order valence-corrected chi connectivity index (χ0v) is 18.8. The fourth-order valence-corrected chi connectivity index (χ4v) is 4.14. The molecule has 8 heteroatoms. The highest BCUT2D eigenvalue weighted by Crippen LogP contribution is 2.29. The molecule has 2 aromatic heterocycles. The largest absolute Gasteiger partial charge is 0.355 e. The van der Waals surface area contributed by atoms with Gasteiger partial charge in [0.1, 0.15) is 11.3 Å². The molecule has 0 spiro atoms. The van der Waals surface area contributed by atoms with E-state index in [-0.39, 0.29) is 5.91 Å². The number of anilines is 2. The van der Waals surface area contributed by atoms with Gasteiger partial charge in [-0.1, -0.05) is 35.5 Å². The van der Waals surface area contributed by atoms with Crippen LogP contribution in [0.3, 0.4) is 0 Å². The molecule has 5 rings (SSSR count). The van der Waals surface area contributed by atoms with Crippen LogP contribution in [0.2, 0.25) is 0 Å². The van der Waals surface area contributed by atoms with Crippen molar-refractivity contribution in [3.8, 4) is 11.3 Å². The summed E-state index contributed by atoms with van der Waals surface area (Å²) < 4.78 is 5.58. The molecule has 1 aliphatic rings. The highest BCUT2D eigenvalue weighted by molar-refractivity contribution is 6.01.